The fourth-order valence-electron chi connectivity index (χ4n) is 2.62. The molecule has 0 radical (unpaired) electrons. The Bertz CT molecular complexity index is 331. The molecule has 1 heterocycles. The summed E-state index contributed by atoms with van der Waals surface area (Å²) in [5.41, 5.74) is 8.77. The van der Waals surface area contributed by atoms with Gasteiger partial charge < -0.3 is 5.73 Å². The van der Waals surface area contributed by atoms with Gasteiger partial charge >= 0.3 is 0 Å². The zero-order valence-corrected chi connectivity index (χ0v) is 10.8. The lowest BCUT2D eigenvalue weighted by Crippen LogP contribution is -2.24. The molecule has 0 aromatic heterocycles. The van der Waals surface area contributed by atoms with Crippen molar-refractivity contribution in [2.45, 2.75) is 25.7 Å². The van der Waals surface area contributed by atoms with E-state index in [-0.39, 0.29) is 0 Å². The molecule has 0 saturated carbocycles. The first-order valence-corrected chi connectivity index (χ1v) is 7.31. The predicted molar refractivity (Wildman–Crippen MR) is 73.0 cm³/mol. The second kappa shape index (κ2) is 5.74. The Labute approximate surface area is 103 Å². The van der Waals surface area contributed by atoms with Gasteiger partial charge in [-0.3, -0.25) is 0 Å². The third kappa shape index (κ3) is 2.80. The van der Waals surface area contributed by atoms with Crippen molar-refractivity contribution in [3.05, 3.63) is 35.4 Å². The van der Waals surface area contributed by atoms with E-state index in [0.29, 0.717) is 5.92 Å². The van der Waals surface area contributed by atoms with Crippen LogP contribution in [-0.4, -0.2) is 18.1 Å². The van der Waals surface area contributed by atoms with E-state index in [1.165, 1.54) is 35.5 Å². The molecule has 1 unspecified atom stereocenters. The standard InChI is InChI=1S/C14H21NS/c1-11-3-2-4-13(9-11)14(10-15)12-5-7-16-8-6-12/h2-4,9,12,14H,5-8,10,15H2,1H3. The monoisotopic (exact) mass is 235 g/mol. The van der Waals surface area contributed by atoms with Crippen molar-refractivity contribution in [3.8, 4) is 0 Å². The minimum absolute atomic E-state index is 0.570. The van der Waals surface area contributed by atoms with Crippen LogP contribution in [0.3, 0.4) is 0 Å². The number of benzene rings is 1. The SMILES string of the molecule is Cc1cccc(C(CN)C2CCSCC2)c1. The Balaban J connectivity index is 2.14. The summed E-state index contributed by atoms with van der Waals surface area (Å²) in [6.07, 6.45) is 2.67. The van der Waals surface area contributed by atoms with Crippen LogP contribution in [0.4, 0.5) is 0 Å². The van der Waals surface area contributed by atoms with E-state index < -0.39 is 0 Å². The molecule has 1 atom stereocenters. The van der Waals surface area contributed by atoms with Crippen LogP contribution in [0.5, 0.6) is 0 Å². The summed E-state index contributed by atoms with van der Waals surface area (Å²) in [7, 11) is 0. The van der Waals surface area contributed by atoms with Gasteiger partial charge in [0, 0.05) is 0 Å². The van der Waals surface area contributed by atoms with Gasteiger partial charge in [-0.1, -0.05) is 29.8 Å². The Morgan fingerprint density at radius 3 is 2.75 bits per heavy atom. The van der Waals surface area contributed by atoms with Crippen LogP contribution < -0.4 is 5.73 Å². The summed E-state index contributed by atoms with van der Waals surface area (Å²) in [6.45, 7) is 2.95. The summed E-state index contributed by atoms with van der Waals surface area (Å²) in [4.78, 5) is 0. The molecule has 1 aliphatic rings. The Kier molecular flexibility index (Phi) is 4.30. The Morgan fingerprint density at radius 2 is 2.12 bits per heavy atom. The highest BCUT2D eigenvalue weighted by molar-refractivity contribution is 7.99. The maximum Gasteiger partial charge on any atom is -0.000555 e. The van der Waals surface area contributed by atoms with Gasteiger partial charge in [0.25, 0.3) is 0 Å². The van der Waals surface area contributed by atoms with Crippen molar-refractivity contribution in [1.82, 2.24) is 0 Å². The molecule has 0 aliphatic carbocycles. The topological polar surface area (TPSA) is 26.0 Å². The van der Waals surface area contributed by atoms with Crippen LogP contribution in [0.25, 0.3) is 0 Å². The Hall–Kier alpha value is -0.470. The van der Waals surface area contributed by atoms with Crippen molar-refractivity contribution in [2.24, 2.45) is 11.7 Å². The molecule has 88 valence electrons. The molecule has 0 spiro atoms. The average Bonchev–Trinajstić information content (AvgIpc) is 2.31. The van der Waals surface area contributed by atoms with E-state index >= 15 is 0 Å². The lowest BCUT2D eigenvalue weighted by Gasteiger charge is -2.29. The lowest BCUT2D eigenvalue weighted by atomic mass is 9.82. The molecule has 1 aliphatic heterocycles. The van der Waals surface area contributed by atoms with Gasteiger partial charge in [-0.2, -0.15) is 11.8 Å². The largest absolute Gasteiger partial charge is 0.330 e. The molecule has 1 saturated heterocycles. The van der Waals surface area contributed by atoms with E-state index in [9.17, 15) is 0 Å². The zero-order chi connectivity index (χ0) is 11.4. The van der Waals surface area contributed by atoms with Crippen molar-refractivity contribution < 1.29 is 0 Å². The predicted octanol–water partition coefficient (Wildman–Crippen LogP) is 3.18. The fourth-order valence-corrected chi connectivity index (χ4v) is 3.76. The van der Waals surface area contributed by atoms with Gasteiger partial charge in [0.15, 0.2) is 0 Å². The minimum Gasteiger partial charge on any atom is -0.330 e. The second-order valence-corrected chi connectivity index (χ2v) is 5.93. The molecule has 0 amide bonds. The number of nitrogens with two attached hydrogens (primary N) is 1. The molecule has 2 heteroatoms. The van der Waals surface area contributed by atoms with Crippen LogP contribution in [0.1, 0.15) is 29.9 Å². The summed E-state index contributed by atoms with van der Waals surface area (Å²) in [5, 5.41) is 0. The quantitative estimate of drug-likeness (QED) is 0.871. The normalized spacial score (nSPS) is 19.6. The van der Waals surface area contributed by atoms with Crippen LogP contribution >= 0.6 is 11.8 Å². The number of hydrogen-bond acceptors (Lipinski definition) is 2. The highest BCUT2D eigenvalue weighted by Crippen LogP contribution is 2.34. The molecule has 1 aromatic carbocycles. The number of aryl methyl sites for hydroxylation is 1. The van der Waals surface area contributed by atoms with Gasteiger partial charge in [-0.25, -0.2) is 0 Å². The molecule has 1 aromatic rings. The molecule has 1 fully saturated rings. The summed E-state index contributed by atoms with van der Waals surface area (Å²) >= 11 is 2.08. The first-order valence-electron chi connectivity index (χ1n) is 6.15. The van der Waals surface area contributed by atoms with Crippen LogP contribution in [-0.2, 0) is 0 Å². The zero-order valence-electron chi connectivity index (χ0n) is 9.99. The van der Waals surface area contributed by atoms with Gasteiger partial charge in [0.05, 0.1) is 0 Å². The molecule has 2 rings (SSSR count). The Morgan fingerprint density at radius 1 is 1.38 bits per heavy atom. The summed E-state index contributed by atoms with van der Waals surface area (Å²) in [5.74, 6) is 3.99. The molecular formula is C14H21NS. The van der Waals surface area contributed by atoms with Gasteiger partial charge in [-0.15, -0.1) is 0 Å². The van der Waals surface area contributed by atoms with Gasteiger partial charge in [0.1, 0.15) is 0 Å². The van der Waals surface area contributed by atoms with Gasteiger partial charge in [-0.05, 0) is 55.2 Å². The van der Waals surface area contributed by atoms with E-state index in [4.69, 9.17) is 5.73 Å². The molecule has 2 N–H and O–H groups in total. The number of thioether (sulfide) groups is 1. The van der Waals surface area contributed by atoms with E-state index in [0.717, 1.165) is 12.5 Å². The molecule has 0 bridgehead atoms. The first-order chi connectivity index (χ1) is 7.81. The first kappa shape index (κ1) is 12.0. The van der Waals surface area contributed by atoms with Crippen molar-refractivity contribution in [3.63, 3.8) is 0 Å². The minimum atomic E-state index is 0.570. The number of hydrogen-bond donors (Lipinski definition) is 1. The lowest BCUT2D eigenvalue weighted by molar-refractivity contribution is 0.400. The highest BCUT2D eigenvalue weighted by atomic mass is 32.2. The van der Waals surface area contributed by atoms with Gasteiger partial charge in [0.2, 0.25) is 0 Å². The summed E-state index contributed by atoms with van der Waals surface area (Å²) in [6, 6.07) is 8.87. The maximum atomic E-state index is 5.98. The van der Waals surface area contributed by atoms with Crippen LogP contribution in [0, 0.1) is 12.8 Å². The highest BCUT2D eigenvalue weighted by Gasteiger charge is 2.23. The van der Waals surface area contributed by atoms with E-state index in [1.54, 1.807) is 0 Å². The van der Waals surface area contributed by atoms with E-state index in [1.807, 2.05) is 0 Å². The smallest absolute Gasteiger partial charge is 0.000555 e. The third-order valence-electron chi connectivity index (χ3n) is 3.56. The number of rotatable bonds is 3. The fraction of sp³-hybridized carbons (Fsp3) is 0.571. The van der Waals surface area contributed by atoms with Crippen molar-refractivity contribution in [1.29, 1.82) is 0 Å². The molecule has 1 nitrogen and oxygen atoms in total. The second-order valence-electron chi connectivity index (χ2n) is 4.71. The van der Waals surface area contributed by atoms with Crippen molar-refractivity contribution in [2.75, 3.05) is 18.1 Å². The third-order valence-corrected chi connectivity index (χ3v) is 4.61. The summed E-state index contributed by atoms with van der Waals surface area (Å²) < 4.78 is 0. The van der Waals surface area contributed by atoms with E-state index in [2.05, 4.69) is 43.0 Å². The molecule has 16 heavy (non-hydrogen) atoms. The maximum absolute atomic E-state index is 5.98. The molecular weight excluding hydrogens is 214 g/mol. The van der Waals surface area contributed by atoms with Crippen LogP contribution in [0.2, 0.25) is 0 Å². The van der Waals surface area contributed by atoms with Crippen molar-refractivity contribution >= 4 is 11.8 Å². The average molecular weight is 235 g/mol. The van der Waals surface area contributed by atoms with Crippen LogP contribution in [0.15, 0.2) is 24.3 Å².